The van der Waals surface area contributed by atoms with E-state index in [-0.39, 0.29) is 17.7 Å². The first-order valence-electron chi connectivity index (χ1n) is 9.08. The number of ether oxygens (including phenoxy) is 2. The molecule has 1 aliphatic carbocycles. The molecule has 0 saturated heterocycles. The van der Waals surface area contributed by atoms with Gasteiger partial charge in [0.15, 0.2) is 11.5 Å². The van der Waals surface area contributed by atoms with Crippen molar-refractivity contribution in [2.45, 2.75) is 12.8 Å². The van der Waals surface area contributed by atoms with E-state index in [1.165, 1.54) is 0 Å². The lowest BCUT2D eigenvalue weighted by molar-refractivity contribution is -0.123. The smallest absolute Gasteiger partial charge is 0.251 e. The van der Waals surface area contributed by atoms with Crippen molar-refractivity contribution < 1.29 is 14.3 Å². The van der Waals surface area contributed by atoms with Crippen molar-refractivity contribution in [3.8, 4) is 11.5 Å². The highest BCUT2D eigenvalue weighted by Gasteiger charge is 2.40. The van der Waals surface area contributed by atoms with Gasteiger partial charge in [0.25, 0.3) is 5.91 Å². The zero-order valence-corrected chi connectivity index (χ0v) is 15.5. The summed E-state index contributed by atoms with van der Waals surface area (Å²) in [7, 11) is 3.24. The summed E-state index contributed by atoms with van der Waals surface area (Å²) in [4.78, 5) is 13.1. The quantitative estimate of drug-likeness (QED) is 0.772. The fourth-order valence-corrected chi connectivity index (χ4v) is 3.80. The van der Waals surface area contributed by atoms with Crippen LogP contribution in [0.2, 0.25) is 0 Å². The number of nitrogens with zero attached hydrogens (tertiary/aromatic N) is 2. The Labute approximate surface area is 158 Å². The molecule has 138 valence electrons. The number of carbonyl (C=O) groups is 1. The number of hydrogen-bond donors (Lipinski definition) is 0. The maximum atomic E-state index is 13.1. The minimum Gasteiger partial charge on any atom is -0.493 e. The van der Waals surface area contributed by atoms with Crippen molar-refractivity contribution in [2.75, 3.05) is 19.2 Å². The average Bonchev–Trinajstić information content (AvgIpc) is 2.74. The Kier molecular flexibility index (Phi) is 4.67. The van der Waals surface area contributed by atoms with Gasteiger partial charge < -0.3 is 9.47 Å². The normalized spacial score (nSPS) is 21.5. The van der Waals surface area contributed by atoms with E-state index in [9.17, 15) is 4.79 Å². The predicted molar refractivity (Wildman–Crippen MR) is 105 cm³/mol. The summed E-state index contributed by atoms with van der Waals surface area (Å²) >= 11 is 0. The van der Waals surface area contributed by atoms with E-state index in [4.69, 9.17) is 14.6 Å². The van der Waals surface area contributed by atoms with E-state index in [0.717, 1.165) is 29.8 Å². The van der Waals surface area contributed by atoms with Crippen LogP contribution in [0.4, 0.5) is 5.69 Å². The van der Waals surface area contributed by atoms with Crippen LogP contribution in [0, 0.1) is 11.8 Å². The van der Waals surface area contributed by atoms with Gasteiger partial charge in [-0.05, 0) is 43.2 Å². The van der Waals surface area contributed by atoms with Gasteiger partial charge in [-0.25, -0.2) is 5.01 Å². The standard InChI is InChI=1S/C22H22N2O3/c1-26-19-13-12-15(14-20(19)27-2)21-17-10-6-7-11-18(17)22(25)24(23-21)16-8-4-3-5-9-16/h3-9,12-14,17-18H,10-11H2,1-2H3/t17-,18+/m0/s1. The lowest BCUT2D eigenvalue weighted by atomic mass is 9.76. The van der Waals surface area contributed by atoms with Crippen LogP contribution in [-0.2, 0) is 4.79 Å². The fraction of sp³-hybridized carbons (Fsp3) is 0.273. The summed E-state index contributed by atoms with van der Waals surface area (Å²) in [5.74, 6) is 1.36. The number of rotatable bonds is 4. The Morgan fingerprint density at radius 1 is 0.926 bits per heavy atom. The van der Waals surface area contributed by atoms with Crippen LogP contribution < -0.4 is 14.5 Å². The van der Waals surface area contributed by atoms with Crippen LogP contribution >= 0.6 is 0 Å². The molecule has 0 saturated carbocycles. The number of carbonyl (C=O) groups excluding carboxylic acids is 1. The molecule has 1 heterocycles. The molecule has 2 atom stereocenters. The van der Waals surface area contributed by atoms with E-state index in [1.54, 1.807) is 19.2 Å². The van der Waals surface area contributed by atoms with Gasteiger partial charge in [-0.3, -0.25) is 4.79 Å². The Balaban J connectivity index is 1.83. The molecule has 0 bridgehead atoms. The second-order valence-electron chi connectivity index (χ2n) is 6.70. The number of methoxy groups -OCH3 is 2. The number of anilines is 1. The zero-order chi connectivity index (χ0) is 18.8. The number of para-hydroxylation sites is 1. The number of hydrazone groups is 1. The lowest BCUT2D eigenvalue weighted by Crippen LogP contribution is -2.45. The summed E-state index contributed by atoms with van der Waals surface area (Å²) in [5.41, 5.74) is 2.65. The molecule has 5 heteroatoms. The van der Waals surface area contributed by atoms with Crippen molar-refractivity contribution >= 4 is 17.3 Å². The molecule has 2 aromatic carbocycles. The van der Waals surface area contributed by atoms with Gasteiger partial charge in [0, 0.05) is 11.5 Å². The summed E-state index contributed by atoms with van der Waals surface area (Å²) in [5, 5.41) is 6.34. The Morgan fingerprint density at radius 3 is 2.33 bits per heavy atom. The van der Waals surface area contributed by atoms with Crippen molar-refractivity contribution in [1.29, 1.82) is 0 Å². The Hall–Kier alpha value is -3.08. The van der Waals surface area contributed by atoms with Gasteiger partial charge >= 0.3 is 0 Å². The fourth-order valence-electron chi connectivity index (χ4n) is 3.80. The van der Waals surface area contributed by atoms with Crippen LogP contribution in [0.5, 0.6) is 11.5 Å². The predicted octanol–water partition coefficient (Wildman–Crippen LogP) is 4.04. The minimum absolute atomic E-state index is 0.0553. The SMILES string of the molecule is COc1ccc(C2=NN(c3ccccc3)C(=O)[C@@H]3CC=CC[C@H]23)cc1OC. The monoisotopic (exact) mass is 362 g/mol. The molecule has 0 unspecified atom stereocenters. The zero-order valence-electron chi connectivity index (χ0n) is 15.5. The maximum absolute atomic E-state index is 13.1. The molecule has 27 heavy (non-hydrogen) atoms. The van der Waals surface area contributed by atoms with Crippen LogP contribution in [0.3, 0.4) is 0 Å². The highest BCUT2D eigenvalue weighted by atomic mass is 16.5. The molecule has 2 aliphatic rings. The largest absolute Gasteiger partial charge is 0.493 e. The first kappa shape index (κ1) is 17.3. The second-order valence-corrected chi connectivity index (χ2v) is 6.70. The molecule has 1 amide bonds. The number of benzene rings is 2. The van der Waals surface area contributed by atoms with Crippen molar-refractivity contribution in [3.05, 3.63) is 66.2 Å². The van der Waals surface area contributed by atoms with Gasteiger partial charge in [0.2, 0.25) is 0 Å². The van der Waals surface area contributed by atoms with E-state index in [1.807, 2.05) is 48.5 Å². The number of allylic oxidation sites excluding steroid dienone is 2. The molecule has 0 spiro atoms. The highest BCUT2D eigenvalue weighted by Crippen LogP contribution is 2.38. The van der Waals surface area contributed by atoms with E-state index < -0.39 is 0 Å². The number of fused-ring (bicyclic) bond motifs is 1. The third-order valence-corrected chi connectivity index (χ3v) is 5.20. The molecule has 4 rings (SSSR count). The van der Waals surface area contributed by atoms with Crippen LogP contribution in [-0.4, -0.2) is 25.8 Å². The van der Waals surface area contributed by atoms with Crippen molar-refractivity contribution in [1.82, 2.24) is 0 Å². The van der Waals surface area contributed by atoms with Gasteiger partial charge in [0.1, 0.15) is 0 Å². The molecule has 0 N–H and O–H groups in total. The summed E-state index contributed by atoms with van der Waals surface area (Å²) < 4.78 is 10.8. The van der Waals surface area contributed by atoms with Gasteiger partial charge in [-0.2, -0.15) is 5.10 Å². The second kappa shape index (κ2) is 7.27. The Morgan fingerprint density at radius 2 is 1.63 bits per heavy atom. The van der Waals surface area contributed by atoms with Crippen molar-refractivity contribution in [3.63, 3.8) is 0 Å². The van der Waals surface area contributed by atoms with Crippen molar-refractivity contribution in [2.24, 2.45) is 16.9 Å². The van der Waals surface area contributed by atoms with E-state index >= 15 is 0 Å². The number of hydrogen-bond acceptors (Lipinski definition) is 4. The van der Waals surface area contributed by atoms with E-state index in [0.29, 0.717) is 11.5 Å². The molecule has 0 aromatic heterocycles. The average molecular weight is 362 g/mol. The van der Waals surface area contributed by atoms with E-state index in [2.05, 4.69) is 12.2 Å². The third kappa shape index (κ3) is 3.10. The first-order valence-corrected chi connectivity index (χ1v) is 9.08. The molecular formula is C22H22N2O3. The van der Waals surface area contributed by atoms with Crippen LogP contribution in [0.1, 0.15) is 18.4 Å². The van der Waals surface area contributed by atoms with Gasteiger partial charge in [0.05, 0.1) is 31.5 Å². The van der Waals surface area contributed by atoms with Gasteiger partial charge in [-0.1, -0.05) is 30.4 Å². The molecule has 2 aromatic rings. The maximum Gasteiger partial charge on any atom is 0.251 e. The highest BCUT2D eigenvalue weighted by molar-refractivity contribution is 6.11. The molecule has 5 nitrogen and oxygen atoms in total. The molecule has 0 radical (unpaired) electrons. The Bertz CT molecular complexity index is 905. The molecular weight excluding hydrogens is 340 g/mol. The minimum atomic E-state index is -0.101. The summed E-state index contributed by atoms with van der Waals surface area (Å²) in [6.45, 7) is 0. The molecule has 0 fully saturated rings. The van der Waals surface area contributed by atoms with Gasteiger partial charge in [-0.15, -0.1) is 0 Å². The lowest BCUT2D eigenvalue weighted by Gasteiger charge is -2.37. The number of amides is 1. The van der Waals surface area contributed by atoms with Crippen LogP contribution in [0.15, 0.2) is 65.8 Å². The molecule has 1 aliphatic heterocycles. The third-order valence-electron chi connectivity index (χ3n) is 5.20. The summed E-state index contributed by atoms with van der Waals surface area (Å²) in [6, 6.07) is 15.4. The first-order chi connectivity index (χ1) is 13.2. The van der Waals surface area contributed by atoms with Crippen LogP contribution in [0.25, 0.3) is 0 Å². The topological polar surface area (TPSA) is 51.1 Å². The summed E-state index contributed by atoms with van der Waals surface area (Å²) in [6.07, 6.45) is 5.79.